The number of halogens is 1. The highest BCUT2D eigenvalue weighted by atomic mass is 79.9. The van der Waals surface area contributed by atoms with Crippen LogP contribution in [0.2, 0.25) is 0 Å². The largest absolute Gasteiger partial charge is 0.493 e. The van der Waals surface area contributed by atoms with Crippen LogP contribution in [0.15, 0.2) is 33.5 Å². The Morgan fingerprint density at radius 2 is 2.00 bits per heavy atom. The predicted octanol–water partition coefficient (Wildman–Crippen LogP) is 1.45. The lowest BCUT2D eigenvalue weighted by molar-refractivity contribution is 0.451. The van der Waals surface area contributed by atoms with Gasteiger partial charge in [-0.2, -0.15) is 4.98 Å². The van der Waals surface area contributed by atoms with Gasteiger partial charge in [0.1, 0.15) is 17.1 Å². The average molecular weight is 359 g/mol. The molecule has 20 heavy (non-hydrogen) atoms. The summed E-state index contributed by atoms with van der Waals surface area (Å²) in [6.07, 6.45) is 1.02. The van der Waals surface area contributed by atoms with E-state index in [0.29, 0.717) is 10.0 Å². The van der Waals surface area contributed by atoms with E-state index < -0.39 is 27.0 Å². The third-order valence-corrected chi connectivity index (χ3v) is 3.98. The van der Waals surface area contributed by atoms with Crippen molar-refractivity contribution in [2.75, 3.05) is 6.26 Å². The van der Waals surface area contributed by atoms with E-state index in [4.69, 9.17) is 0 Å². The molecule has 2 rings (SSSR count). The van der Waals surface area contributed by atoms with Gasteiger partial charge in [-0.25, -0.2) is 8.42 Å². The summed E-state index contributed by atoms with van der Waals surface area (Å²) in [5.41, 5.74) is -0.123. The molecule has 0 bridgehead atoms. The van der Waals surface area contributed by atoms with Crippen molar-refractivity contribution in [2.24, 2.45) is 0 Å². The van der Waals surface area contributed by atoms with Crippen LogP contribution in [0.5, 0.6) is 5.88 Å². The van der Waals surface area contributed by atoms with E-state index in [0.717, 1.165) is 6.26 Å². The first-order valence-corrected chi connectivity index (χ1v) is 8.38. The Morgan fingerprint density at radius 1 is 1.35 bits per heavy atom. The van der Waals surface area contributed by atoms with E-state index in [1.54, 1.807) is 24.3 Å². The van der Waals surface area contributed by atoms with Gasteiger partial charge in [-0.1, -0.05) is 34.1 Å². The molecular weight excluding hydrogens is 348 g/mol. The third-order valence-electron chi connectivity index (χ3n) is 2.49. The minimum Gasteiger partial charge on any atom is -0.493 e. The number of aromatic amines is 1. The van der Waals surface area contributed by atoms with Crippen molar-refractivity contribution in [2.45, 2.75) is 5.75 Å². The topological polar surface area (TPSA) is 100 Å². The number of H-pyrrole nitrogens is 1. The normalized spacial score (nSPS) is 11.5. The van der Waals surface area contributed by atoms with Gasteiger partial charge in [0, 0.05) is 16.3 Å². The number of rotatable bonds is 3. The third kappa shape index (κ3) is 3.26. The zero-order valence-corrected chi connectivity index (χ0v) is 12.8. The van der Waals surface area contributed by atoms with Crippen LogP contribution in [0.3, 0.4) is 0 Å². The molecule has 1 aromatic carbocycles. The first kappa shape index (κ1) is 14.7. The highest BCUT2D eigenvalue weighted by Crippen LogP contribution is 2.30. The van der Waals surface area contributed by atoms with E-state index in [2.05, 4.69) is 25.9 Å². The van der Waals surface area contributed by atoms with Crippen molar-refractivity contribution < 1.29 is 13.5 Å². The number of hydrogen-bond donors (Lipinski definition) is 2. The lowest BCUT2D eigenvalue weighted by atomic mass is 10.1. The standard InChI is InChI=1S/C12H11BrN2O4S/c1-20(18,19)6-9-14-11(16)10(12(17)15-9)7-4-2-3-5-8(7)13/h2-5H,6H2,1H3,(H2,14,15,16,17). The van der Waals surface area contributed by atoms with Gasteiger partial charge in [-0.05, 0) is 6.07 Å². The maximum absolute atomic E-state index is 12.0. The van der Waals surface area contributed by atoms with E-state index in [-0.39, 0.29) is 11.4 Å². The molecule has 0 saturated heterocycles. The molecule has 1 aromatic heterocycles. The SMILES string of the molecule is CS(=O)(=O)Cc1nc(O)c(-c2ccccc2Br)c(=O)[nH]1. The molecule has 0 unspecified atom stereocenters. The molecular formula is C12H11BrN2O4S. The summed E-state index contributed by atoms with van der Waals surface area (Å²) in [6.45, 7) is 0. The highest BCUT2D eigenvalue weighted by Gasteiger charge is 2.16. The fourth-order valence-corrected chi connectivity index (χ4v) is 2.85. The first-order valence-electron chi connectivity index (χ1n) is 5.53. The first-order chi connectivity index (χ1) is 9.28. The van der Waals surface area contributed by atoms with Gasteiger partial charge in [0.2, 0.25) is 5.88 Å². The Balaban J connectivity index is 2.59. The second-order valence-electron chi connectivity index (χ2n) is 4.26. The monoisotopic (exact) mass is 358 g/mol. The molecule has 0 saturated carbocycles. The Kier molecular flexibility index (Phi) is 3.96. The van der Waals surface area contributed by atoms with Gasteiger partial charge in [0.05, 0.1) is 0 Å². The van der Waals surface area contributed by atoms with E-state index in [9.17, 15) is 18.3 Å². The lowest BCUT2D eigenvalue weighted by Crippen LogP contribution is -2.16. The van der Waals surface area contributed by atoms with Gasteiger partial charge >= 0.3 is 0 Å². The van der Waals surface area contributed by atoms with Crippen LogP contribution in [0.25, 0.3) is 11.1 Å². The van der Waals surface area contributed by atoms with E-state index >= 15 is 0 Å². The maximum Gasteiger partial charge on any atom is 0.262 e. The van der Waals surface area contributed by atoms with E-state index in [1.807, 2.05) is 0 Å². The molecule has 0 amide bonds. The molecule has 2 aromatic rings. The Bertz CT molecular complexity index is 814. The minimum absolute atomic E-state index is 0.00488. The predicted molar refractivity (Wildman–Crippen MR) is 78.2 cm³/mol. The van der Waals surface area contributed by atoms with Gasteiger partial charge < -0.3 is 10.1 Å². The lowest BCUT2D eigenvalue weighted by Gasteiger charge is -2.07. The van der Waals surface area contributed by atoms with Gasteiger partial charge in [0.25, 0.3) is 5.56 Å². The molecule has 1 heterocycles. The van der Waals surface area contributed by atoms with Crippen molar-refractivity contribution in [1.29, 1.82) is 0 Å². The minimum atomic E-state index is -3.35. The average Bonchev–Trinajstić information content (AvgIpc) is 2.28. The maximum atomic E-state index is 12.0. The van der Waals surface area contributed by atoms with Crippen LogP contribution >= 0.6 is 15.9 Å². The number of nitrogens with one attached hydrogen (secondary N) is 1. The molecule has 0 radical (unpaired) electrons. The quantitative estimate of drug-likeness (QED) is 0.864. The summed E-state index contributed by atoms with van der Waals surface area (Å²) in [6, 6.07) is 6.85. The van der Waals surface area contributed by atoms with Gasteiger partial charge in [0.15, 0.2) is 9.84 Å². The molecule has 0 spiro atoms. The van der Waals surface area contributed by atoms with Crippen LogP contribution in [-0.2, 0) is 15.6 Å². The Hall–Kier alpha value is -1.67. The van der Waals surface area contributed by atoms with Crippen molar-refractivity contribution in [3.63, 3.8) is 0 Å². The molecule has 0 aliphatic carbocycles. The fourth-order valence-electron chi connectivity index (χ4n) is 1.73. The van der Waals surface area contributed by atoms with Crippen LogP contribution in [0.1, 0.15) is 5.82 Å². The number of sulfone groups is 1. The Labute approximate surface area is 123 Å². The van der Waals surface area contributed by atoms with E-state index in [1.165, 1.54) is 0 Å². The number of hydrogen-bond acceptors (Lipinski definition) is 5. The highest BCUT2D eigenvalue weighted by molar-refractivity contribution is 9.10. The number of nitrogens with zero attached hydrogens (tertiary/aromatic N) is 1. The number of aromatic nitrogens is 2. The molecule has 0 aliphatic rings. The van der Waals surface area contributed by atoms with Crippen molar-refractivity contribution in [1.82, 2.24) is 9.97 Å². The molecule has 0 atom stereocenters. The fraction of sp³-hybridized carbons (Fsp3) is 0.167. The summed E-state index contributed by atoms with van der Waals surface area (Å²) in [5.74, 6) is -1.03. The van der Waals surface area contributed by atoms with Crippen molar-refractivity contribution >= 4 is 25.8 Å². The second-order valence-corrected chi connectivity index (χ2v) is 7.26. The molecule has 106 valence electrons. The molecule has 8 heteroatoms. The molecule has 2 N–H and O–H groups in total. The smallest absolute Gasteiger partial charge is 0.262 e. The van der Waals surface area contributed by atoms with Crippen molar-refractivity contribution in [3.05, 3.63) is 44.9 Å². The summed E-state index contributed by atoms with van der Waals surface area (Å²) in [5, 5.41) is 9.90. The summed E-state index contributed by atoms with van der Waals surface area (Å²) in [7, 11) is -3.35. The van der Waals surface area contributed by atoms with Gasteiger partial charge in [-0.3, -0.25) is 4.79 Å². The molecule has 0 aliphatic heterocycles. The van der Waals surface area contributed by atoms with Crippen molar-refractivity contribution in [3.8, 4) is 17.0 Å². The second kappa shape index (κ2) is 5.37. The van der Waals surface area contributed by atoms with Crippen LogP contribution < -0.4 is 5.56 Å². The Morgan fingerprint density at radius 3 is 2.55 bits per heavy atom. The number of aromatic hydroxyl groups is 1. The zero-order chi connectivity index (χ0) is 14.9. The summed E-state index contributed by atoms with van der Waals surface area (Å²) >= 11 is 3.28. The van der Waals surface area contributed by atoms with Crippen LogP contribution in [0.4, 0.5) is 0 Å². The van der Waals surface area contributed by atoms with Gasteiger partial charge in [-0.15, -0.1) is 0 Å². The van der Waals surface area contributed by atoms with Crippen LogP contribution in [-0.4, -0.2) is 29.7 Å². The molecule has 6 nitrogen and oxygen atoms in total. The molecule has 0 fully saturated rings. The summed E-state index contributed by atoms with van der Waals surface area (Å²) < 4.78 is 23.0. The zero-order valence-electron chi connectivity index (χ0n) is 10.4. The number of benzene rings is 1. The van der Waals surface area contributed by atoms with Crippen LogP contribution in [0, 0.1) is 0 Å². The summed E-state index contributed by atoms with van der Waals surface area (Å²) in [4.78, 5) is 18.1.